The number of aromatic nitrogens is 3. The summed E-state index contributed by atoms with van der Waals surface area (Å²) in [6.45, 7) is 1.81. The SMILES string of the molecule is Cc1nc(CN(C)S(=O)(=O)c2c(Br)cc(N)cc2Br)n[nH]1. The second-order valence-electron chi connectivity index (χ2n) is 4.41. The summed E-state index contributed by atoms with van der Waals surface area (Å²) in [5.74, 6) is 1.03. The second kappa shape index (κ2) is 6.03. The summed E-state index contributed by atoms with van der Waals surface area (Å²) >= 11 is 6.48. The highest BCUT2D eigenvalue weighted by Gasteiger charge is 2.27. The quantitative estimate of drug-likeness (QED) is 0.710. The first-order chi connectivity index (χ1) is 9.71. The molecule has 0 saturated carbocycles. The van der Waals surface area contributed by atoms with E-state index in [2.05, 4.69) is 47.0 Å². The Morgan fingerprint density at radius 1 is 1.33 bits per heavy atom. The number of aromatic amines is 1. The van der Waals surface area contributed by atoms with Gasteiger partial charge in [0.2, 0.25) is 10.0 Å². The molecule has 1 heterocycles. The molecule has 0 aliphatic heterocycles. The zero-order chi connectivity index (χ0) is 15.8. The third-order valence-electron chi connectivity index (χ3n) is 2.70. The standard InChI is InChI=1S/C11H13Br2N5O2S/c1-6-15-10(17-16-6)5-18(2)21(19,20)11-8(12)3-7(14)4-9(11)13/h3-4H,5,14H2,1-2H3,(H,15,16,17). The summed E-state index contributed by atoms with van der Waals surface area (Å²) < 4.78 is 27.3. The van der Waals surface area contributed by atoms with Gasteiger partial charge in [-0.2, -0.15) is 9.40 Å². The van der Waals surface area contributed by atoms with Crippen LogP contribution in [0.1, 0.15) is 11.6 Å². The molecule has 0 aliphatic rings. The van der Waals surface area contributed by atoms with Crippen molar-refractivity contribution >= 4 is 47.6 Å². The third kappa shape index (κ3) is 3.44. The van der Waals surface area contributed by atoms with E-state index >= 15 is 0 Å². The minimum Gasteiger partial charge on any atom is -0.399 e. The molecule has 0 saturated heterocycles. The lowest BCUT2D eigenvalue weighted by Crippen LogP contribution is -2.27. The first kappa shape index (κ1) is 16.4. The molecule has 2 aromatic rings. The van der Waals surface area contributed by atoms with Gasteiger partial charge in [0, 0.05) is 21.7 Å². The molecular formula is C11H13Br2N5O2S. The van der Waals surface area contributed by atoms with Crippen LogP contribution in [0.3, 0.4) is 0 Å². The molecule has 0 unspecified atom stereocenters. The van der Waals surface area contributed by atoms with Crippen LogP contribution in [0.5, 0.6) is 0 Å². The molecule has 114 valence electrons. The zero-order valence-corrected chi connectivity index (χ0v) is 15.2. The van der Waals surface area contributed by atoms with Crippen molar-refractivity contribution in [3.05, 3.63) is 32.7 Å². The molecule has 2 rings (SSSR count). The molecule has 7 nitrogen and oxygen atoms in total. The fraction of sp³-hybridized carbons (Fsp3) is 0.273. The van der Waals surface area contributed by atoms with Gasteiger partial charge in [-0.05, 0) is 50.9 Å². The Morgan fingerprint density at radius 2 is 1.90 bits per heavy atom. The Bertz CT molecular complexity index is 752. The van der Waals surface area contributed by atoms with Gasteiger partial charge in [-0.3, -0.25) is 5.10 Å². The first-order valence-corrected chi connectivity index (χ1v) is 8.83. The topological polar surface area (TPSA) is 105 Å². The van der Waals surface area contributed by atoms with Gasteiger partial charge >= 0.3 is 0 Å². The molecule has 1 aromatic carbocycles. The van der Waals surface area contributed by atoms with Crippen LogP contribution in [0.25, 0.3) is 0 Å². The maximum Gasteiger partial charge on any atom is 0.245 e. The summed E-state index contributed by atoms with van der Waals surface area (Å²) in [6.07, 6.45) is 0. The lowest BCUT2D eigenvalue weighted by atomic mass is 10.3. The molecule has 0 atom stereocenters. The third-order valence-corrected chi connectivity index (χ3v) is 6.38. The summed E-state index contributed by atoms with van der Waals surface area (Å²) in [6, 6.07) is 3.09. The van der Waals surface area contributed by atoms with Crippen molar-refractivity contribution in [3.63, 3.8) is 0 Å². The highest BCUT2D eigenvalue weighted by molar-refractivity contribution is 9.11. The van der Waals surface area contributed by atoms with Crippen LogP contribution in [0, 0.1) is 6.92 Å². The smallest absolute Gasteiger partial charge is 0.245 e. The number of aryl methyl sites for hydroxylation is 1. The van der Waals surface area contributed by atoms with Gasteiger partial charge in [0.25, 0.3) is 0 Å². The summed E-state index contributed by atoms with van der Waals surface area (Å²) in [4.78, 5) is 4.22. The predicted molar refractivity (Wildman–Crippen MR) is 86.0 cm³/mol. The molecule has 0 amide bonds. The normalized spacial score (nSPS) is 12.0. The number of halogens is 2. The number of hydrogen-bond donors (Lipinski definition) is 2. The van der Waals surface area contributed by atoms with Crippen molar-refractivity contribution in [1.82, 2.24) is 19.5 Å². The number of nitrogens with one attached hydrogen (secondary N) is 1. The van der Waals surface area contributed by atoms with Crippen LogP contribution in [0.2, 0.25) is 0 Å². The van der Waals surface area contributed by atoms with Crippen LogP contribution in [-0.4, -0.2) is 35.0 Å². The number of H-pyrrole nitrogens is 1. The summed E-state index contributed by atoms with van der Waals surface area (Å²) in [5.41, 5.74) is 6.14. The largest absolute Gasteiger partial charge is 0.399 e. The van der Waals surface area contributed by atoms with E-state index in [0.717, 1.165) is 0 Å². The molecule has 3 N–H and O–H groups in total. The monoisotopic (exact) mass is 437 g/mol. The highest BCUT2D eigenvalue weighted by atomic mass is 79.9. The lowest BCUT2D eigenvalue weighted by Gasteiger charge is -2.18. The van der Waals surface area contributed by atoms with Crippen LogP contribution in [-0.2, 0) is 16.6 Å². The molecule has 0 radical (unpaired) electrons. The van der Waals surface area contributed by atoms with Gasteiger partial charge < -0.3 is 5.73 Å². The van der Waals surface area contributed by atoms with Crippen molar-refractivity contribution in [2.45, 2.75) is 18.4 Å². The zero-order valence-electron chi connectivity index (χ0n) is 11.3. The summed E-state index contributed by atoms with van der Waals surface area (Å²) in [5, 5.41) is 6.61. The molecule has 1 aromatic heterocycles. The van der Waals surface area contributed by atoms with Gasteiger partial charge in [0.15, 0.2) is 5.82 Å². The number of nitrogens with zero attached hydrogens (tertiary/aromatic N) is 3. The Labute approximate surface area is 139 Å². The molecule has 0 aliphatic carbocycles. The first-order valence-electron chi connectivity index (χ1n) is 5.80. The predicted octanol–water partition coefficient (Wildman–Crippen LogP) is 2.04. The second-order valence-corrected chi connectivity index (χ2v) is 8.10. The number of anilines is 1. The van der Waals surface area contributed by atoms with Crippen molar-refractivity contribution in [2.75, 3.05) is 12.8 Å². The van der Waals surface area contributed by atoms with E-state index in [1.54, 1.807) is 19.1 Å². The minimum atomic E-state index is -3.72. The van der Waals surface area contributed by atoms with Crippen LogP contribution >= 0.6 is 31.9 Å². The van der Waals surface area contributed by atoms with E-state index < -0.39 is 10.0 Å². The van der Waals surface area contributed by atoms with E-state index in [9.17, 15) is 8.42 Å². The molecule has 0 fully saturated rings. The Hall–Kier alpha value is -0.970. The van der Waals surface area contributed by atoms with Gasteiger partial charge in [-0.15, -0.1) is 0 Å². The Kier molecular flexibility index (Phi) is 4.71. The molecule has 0 bridgehead atoms. The summed E-state index contributed by atoms with van der Waals surface area (Å²) in [7, 11) is -2.25. The molecule has 21 heavy (non-hydrogen) atoms. The number of rotatable bonds is 4. The van der Waals surface area contributed by atoms with E-state index in [4.69, 9.17) is 5.73 Å². The molecule has 0 spiro atoms. The molecule has 10 heteroatoms. The van der Waals surface area contributed by atoms with E-state index in [-0.39, 0.29) is 11.4 Å². The van der Waals surface area contributed by atoms with E-state index in [1.807, 2.05) is 0 Å². The van der Waals surface area contributed by atoms with Gasteiger partial charge in [0.1, 0.15) is 10.7 Å². The number of sulfonamides is 1. The van der Waals surface area contributed by atoms with Gasteiger partial charge in [0.05, 0.1) is 6.54 Å². The fourth-order valence-corrected chi connectivity index (χ4v) is 5.38. The number of benzene rings is 1. The number of hydrogen-bond acceptors (Lipinski definition) is 5. The van der Waals surface area contributed by atoms with Crippen molar-refractivity contribution in [1.29, 1.82) is 0 Å². The molecular weight excluding hydrogens is 426 g/mol. The maximum absolute atomic E-state index is 12.7. The Balaban J connectivity index is 2.38. The Morgan fingerprint density at radius 3 is 2.38 bits per heavy atom. The maximum atomic E-state index is 12.7. The average molecular weight is 439 g/mol. The lowest BCUT2D eigenvalue weighted by molar-refractivity contribution is 0.456. The van der Waals surface area contributed by atoms with E-state index in [0.29, 0.717) is 26.3 Å². The van der Waals surface area contributed by atoms with Crippen molar-refractivity contribution in [2.24, 2.45) is 0 Å². The van der Waals surface area contributed by atoms with E-state index in [1.165, 1.54) is 11.4 Å². The minimum absolute atomic E-state index is 0.0654. The van der Waals surface area contributed by atoms with Gasteiger partial charge in [-0.1, -0.05) is 0 Å². The van der Waals surface area contributed by atoms with Crippen molar-refractivity contribution in [3.8, 4) is 0 Å². The highest BCUT2D eigenvalue weighted by Crippen LogP contribution is 2.34. The van der Waals surface area contributed by atoms with Gasteiger partial charge in [-0.25, -0.2) is 13.4 Å². The number of nitrogen functional groups attached to an aromatic ring is 1. The van der Waals surface area contributed by atoms with Crippen LogP contribution in [0.4, 0.5) is 5.69 Å². The average Bonchev–Trinajstić information content (AvgIpc) is 2.72. The van der Waals surface area contributed by atoms with Crippen LogP contribution in [0.15, 0.2) is 26.0 Å². The van der Waals surface area contributed by atoms with Crippen molar-refractivity contribution < 1.29 is 8.42 Å². The van der Waals surface area contributed by atoms with Crippen LogP contribution < -0.4 is 5.73 Å². The number of nitrogens with two attached hydrogens (primary N) is 1. The fourth-order valence-electron chi connectivity index (χ4n) is 1.73.